The predicted molar refractivity (Wildman–Crippen MR) is 65.8 cm³/mol. The van der Waals surface area contributed by atoms with Gasteiger partial charge in [-0.2, -0.15) is 0 Å². The molecule has 80 valence electrons. The third-order valence-electron chi connectivity index (χ3n) is 2.79. The molecule has 1 aromatic carbocycles. The van der Waals surface area contributed by atoms with Crippen molar-refractivity contribution in [1.29, 1.82) is 0 Å². The first-order valence-electron chi connectivity index (χ1n) is 5.80. The van der Waals surface area contributed by atoms with Gasteiger partial charge >= 0.3 is 0 Å². The Hall–Kier alpha value is -1.04. The lowest BCUT2D eigenvalue weighted by atomic mass is 9.95. The van der Waals surface area contributed by atoms with Crippen LogP contribution in [0.3, 0.4) is 0 Å². The van der Waals surface area contributed by atoms with Gasteiger partial charge < -0.3 is 0 Å². The molecule has 2 rings (SSSR count). The lowest BCUT2D eigenvalue weighted by Gasteiger charge is -2.10. The smallest absolute Gasteiger partial charge is 0.0125 e. The molecule has 0 aromatic heterocycles. The van der Waals surface area contributed by atoms with Gasteiger partial charge in [-0.05, 0) is 29.7 Å². The molecule has 1 aromatic rings. The van der Waals surface area contributed by atoms with Crippen LogP contribution in [0.1, 0.15) is 32.8 Å². The molecule has 15 heavy (non-hydrogen) atoms. The van der Waals surface area contributed by atoms with Gasteiger partial charge in [0, 0.05) is 0 Å². The molecule has 0 heteroatoms. The standard InChI is InChI=1S/C15H20/c1-15(2,3)11-14-10-13(14)9-12-7-5-4-6-8-12/h4-8,11,13H,9-10H2,1-3H3/b14-11+. The summed E-state index contributed by atoms with van der Waals surface area (Å²) in [6.45, 7) is 6.83. The van der Waals surface area contributed by atoms with Crippen LogP contribution >= 0.6 is 0 Å². The fourth-order valence-electron chi connectivity index (χ4n) is 2.06. The molecule has 1 unspecified atom stereocenters. The Morgan fingerprint density at radius 3 is 2.47 bits per heavy atom. The summed E-state index contributed by atoms with van der Waals surface area (Å²) in [4.78, 5) is 0. The van der Waals surface area contributed by atoms with E-state index in [2.05, 4.69) is 57.2 Å². The zero-order valence-electron chi connectivity index (χ0n) is 9.96. The van der Waals surface area contributed by atoms with Crippen molar-refractivity contribution in [3.8, 4) is 0 Å². The molecule has 1 atom stereocenters. The lowest BCUT2D eigenvalue weighted by Crippen LogP contribution is -1.98. The third-order valence-corrected chi connectivity index (χ3v) is 2.79. The zero-order valence-corrected chi connectivity index (χ0v) is 9.96. The summed E-state index contributed by atoms with van der Waals surface area (Å²) >= 11 is 0. The Kier molecular flexibility index (Phi) is 2.68. The molecule has 0 amide bonds. The minimum absolute atomic E-state index is 0.348. The minimum Gasteiger partial charge on any atom is -0.0796 e. The average Bonchev–Trinajstić information content (AvgIpc) is 2.82. The van der Waals surface area contributed by atoms with Crippen molar-refractivity contribution < 1.29 is 0 Å². The SMILES string of the molecule is CC(C)(C)/C=C1\CC1Cc1ccccc1. The molecule has 1 aliphatic carbocycles. The average molecular weight is 200 g/mol. The lowest BCUT2D eigenvalue weighted by molar-refractivity contribution is 0.541. The number of rotatable bonds is 2. The Bertz CT molecular complexity index is 351. The first-order valence-corrected chi connectivity index (χ1v) is 5.80. The monoisotopic (exact) mass is 200 g/mol. The molecule has 1 aliphatic rings. The predicted octanol–water partition coefficient (Wildman–Crippen LogP) is 4.22. The van der Waals surface area contributed by atoms with Crippen LogP contribution in [-0.4, -0.2) is 0 Å². The normalized spacial score (nSPS) is 23.1. The van der Waals surface area contributed by atoms with Gasteiger partial charge in [-0.3, -0.25) is 0 Å². The molecular weight excluding hydrogens is 180 g/mol. The maximum atomic E-state index is 2.45. The summed E-state index contributed by atoms with van der Waals surface area (Å²) in [7, 11) is 0. The van der Waals surface area contributed by atoms with Gasteiger partial charge in [0.2, 0.25) is 0 Å². The van der Waals surface area contributed by atoms with Crippen molar-refractivity contribution >= 4 is 0 Å². The van der Waals surface area contributed by atoms with E-state index in [9.17, 15) is 0 Å². The highest BCUT2D eigenvalue weighted by Gasteiger charge is 2.30. The van der Waals surface area contributed by atoms with Crippen molar-refractivity contribution in [3.05, 3.63) is 47.5 Å². The van der Waals surface area contributed by atoms with Crippen molar-refractivity contribution in [3.63, 3.8) is 0 Å². The topological polar surface area (TPSA) is 0 Å². The quantitative estimate of drug-likeness (QED) is 0.627. The van der Waals surface area contributed by atoms with Gasteiger partial charge in [0.05, 0.1) is 0 Å². The fourth-order valence-corrected chi connectivity index (χ4v) is 2.06. The van der Waals surface area contributed by atoms with Crippen molar-refractivity contribution in [2.75, 3.05) is 0 Å². The highest BCUT2D eigenvalue weighted by molar-refractivity contribution is 5.29. The summed E-state index contributed by atoms with van der Waals surface area (Å²) < 4.78 is 0. The molecule has 0 heterocycles. The largest absolute Gasteiger partial charge is 0.0796 e. The van der Waals surface area contributed by atoms with Crippen LogP contribution in [-0.2, 0) is 6.42 Å². The maximum Gasteiger partial charge on any atom is -0.0125 e. The molecule has 0 radical (unpaired) electrons. The van der Waals surface area contributed by atoms with Crippen molar-refractivity contribution in [2.24, 2.45) is 11.3 Å². The van der Waals surface area contributed by atoms with Gasteiger partial charge in [0.15, 0.2) is 0 Å². The number of benzene rings is 1. The number of hydrogen-bond donors (Lipinski definition) is 0. The molecule has 0 spiro atoms. The van der Waals surface area contributed by atoms with Crippen molar-refractivity contribution in [2.45, 2.75) is 33.6 Å². The summed E-state index contributed by atoms with van der Waals surface area (Å²) in [5, 5.41) is 0. The van der Waals surface area contributed by atoms with E-state index >= 15 is 0 Å². The first kappa shape index (κ1) is 10.5. The van der Waals surface area contributed by atoms with E-state index in [1.807, 2.05) is 0 Å². The van der Waals surface area contributed by atoms with Crippen LogP contribution < -0.4 is 0 Å². The van der Waals surface area contributed by atoms with Crippen molar-refractivity contribution in [1.82, 2.24) is 0 Å². The second-order valence-electron chi connectivity index (χ2n) is 5.68. The maximum absolute atomic E-state index is 2.45. The summed E-state index contributed by atoms with van der Waals surface area (Å²) in [5.41, 5.74) is 3.48. The molecule has 0 saturated heterocycles. The summed E-state index contributed by atoms with van der Waals surface area (Å²) in [6.07, 6.45) is 4.98. The van der Waals surface area contributed by atoms with Crippen LogP contribution in [0.4, 0.5) is 0 Å². The Balaban J connectivity index is 1.94. The molecule has 0 N–H and O–H groups in total. The molecule has 0 aliphatic heterocycles. The van der Waals surface area contributed by atoms with Gasteiger partial charge in [0.25, 0.3) is 0 Å². The molecule has 0 nitrogen and oxygen atoms in total. The Morgan fingerprint density at radius 2 is 1.87 bits per heavy atom. The third kappa shape index (κ3) is 3.23. The number of allylic oxidation sites excluding steroid dienone is 2. The second kappa shape index (κ2) is 3.84. The highest BCUT2D eigenvalue weighted by atomic mass is 14.3. The summed E-state index contributed by atoms with van der Waals surface area (Å²) in [5.74, 6) is 0.826. The van der Waals surface area contributed by atoms with E-state index in [1.165, 1.54) is 18.4 Å². The Morgan fingerprint density at radius 1 is 1.20 bits per heavy atom. The zero-order chi connectivity index (χ0) is 10.9. The van der Waals surface area contributed by atoms with Gasteiger partial charge in [-0.1, -0.05) is 62.8 Å². The second-order valence-corrected chi connectivity index (χ2v) is 5.68. The van der Waals surface area contributed by atoms with E-state index in [-0.39, 0.29) is 0 Å². The van der Waals surface area contributed by atoms with Gasteiger partial charge in [0.1, 0.15) is 0 Å². The van der Waals surface area contributed by atoms with Crippen LogP contribution in [0.2, 0.25) is 0 Å². The minimum atomic E-state index is 0.348. The fraction of sp³-hybridized carbons (Fsp3) is 0.467. The van der Waals surface area contributed by atoms with E-state index in [0.29, 0.717) is 5.41 Å². The highest BCUT2D eigenvalue weighted by Crippen LogP contribution is 2.42. The molecular formula is C15H20. The van der Waals surface area contributed by atoms with E-state index in [1.54, 1.807) is 5.57 Å². The van der Waals surface area contributed by atoms with Crippen LogP contribution in [0.25, 0.3) is 0 Å². The van der Waals surface area contributed by atoms with Crippen LogP contribution in [0, 0.1) is 11.3 Å². The van der Waals surface area contributed by atoms with E-state index in [4.69, 9.17) is 0 Å². The number of hydrogen-bond acceptors (Lipinski definition) is 0. The van der Waals surface area contributed by atoms with Gasteiger partial charge in [-0.25, -0.2) is 0 Å². The van der Waals surface area contributed by atoms with Crippen LogP contribution in [0.5, 0.6) is 0 Å². The Labute approximate surface area is 93.0 Å². The summed E-state index contributed by atoms with van der Waals surface area (Å²) in [6, 6.07) is 10.8. The van der Waals surface area contributed by atoms with Crippen LogP contribution in [0.15, 0.2) is 42.0 Å². The molecule has 1 saturated carbocycles. The first-order chi connectivity index (χ1) is 7.04. The van der Waals surface area contributed by atoms with Gasteiger partial charge in [-0.15, -0.1) is 0 Å². The molecule has 0 bridgehead atoms. The molecule has 1 fully saturated rings. The van der Waals surface area contributed by atoms with E-state index < -0.39 is 0 Å². The van der Waals surface area contributed by atoms with E-state index in [0.717, 1.165) is 5.92 Å².